The van der Waals surface area contributed by atoms with Crippen molar-refractivity contribution in [1.29, 1.82) is 5.26 Å². The first-order valence-electron chi connectivity index (χ1n) is 11.7. The molecule has 0 atom stereocenters. The Morgan fingerprint density at radius 3 is 2.71 bits per heavy atom. The van der Waals surface area contributed by atoms with Crippen LogP contribution in [0.3, 0.4) is 0 Å². The van der Waals surface area contributed by atoms with Crippen molar-refractivity contribution in [1.82, 2.24) is 15.1 Å². The van der Waals surface area contributed by atoms with Crippen molar-refractivity contribution in [3.05, 3.63) is 59.9 Å². The Hall–Kier alpha value is -4.46. The number of alkyl halides is 3. The summed E-state index contributed by atoms with van der Waals surface area (Å²) >= 11 is 0. The smallest absolute Gasteiger partial charge is 0.422 e. The monoisotopic (exact) mass is 524 g/mol. The zero-order valence-electron chi connectivity index (χ0n) is 20.6. The Labute approximate surface area is 216 Å². The molecule has 0 amide bonds. The second-order valence-corrected chi connectivity index (χ2v) is 8.88. The van der Waals surface area contributed by atoms with Crippen molar-refractivity contribution in [2.45, 2.75) is 32.9 Å². The van der Waals surface area contributed by atoms with E-state index in [2.05, 4.69) is 15.1 Å². The SMILES string of the molecule is CC(C)COC(=O)CCc1nccc2c(-c3noc(-c4ccc(OCC(F)(F)F)c(C#N)c4)n3)cccc12. The van der Waals surface area contributed by atoms with E-state index >= 15 is 0 Å². The number of fused-ring (bicyclic) bond motifs is 1. The summed E-state index contributed by atoms with van der Waals surface area (Å²) in [7, 11) is 0. The second kappa shape index (κ2) is 11.3. The fourth-order valence-corrected chi connectivity index (χ4v) is 3.70. The number of aryl methyl sites for hydroxylation is 1. The van der Waals surface area contributed by atoms with Crippen LogP contribution in [-0.2, 0) is 16.0 Å². The van der Waals surface area contributed by atoms with Gasteiger partial charge in [0, 0.05) is 34.8 Å². The van der Waals surface area contributed by atoms with Gasteiger partial charge in [-0.15, -0.1) is 0 Å². The third-order valence-electron chi connectivity index (χ3n) is 5.44. The fraction of sp³-hybridized carbons (Fsp3) is 0.296. The third-order valence-corrected chi connectivity index (χ3v) is 5.44. The zero-order valence-corrected chi connectivity index (χ0v) is 20.6. The normalized spacial score (nSPS) is 11.5. The second-order valence-electron chi connectivity index (χ2n) is 8.88. The molecule has 4 rings (SSSR count). The van der Waals surface area contributed by atoms with Gasteiger partial charge < -0.3 is 14.0 Å². The minimum atomic E-state index is -4.53. The maximum atomic E-state index is 12.5. The van der Waals surface area contributed by atoms with Gasteiger partial charge in [-0.05, 0) is 35.6 Å². The van der Waals surface area contributed by atoms with E-state index in [9.17, 15) is 23.2 Å². The number of esters is 1. The number of carbonyl (C=O) groups is 1. The number of pyridine rings is 1. The number of rotatable bonds is 9. The van der Waals surface area contributed by atoms with Crippen LogP contribution in [0.1, 0.15) is 31.5 Å². The lowest BCUT2D eigenvalue weighted by Gasteiger charge is -2.10. The molecule has 2 aromatic carbocycles. The van der Waals surface area contributed by atoms with Gasteiger partial charge in [-0.25, -0.2) is 0 Å². The molecule has 0 bridgehead atoms. The van der Waals surface area contributed by atoms with E-state index in [4.69, 9.17) is 14.0 Å². The molecule has 11 heteroatoms. The molecular weight excluding hydrogens is 501 g/mol. The predicted molar refractivity (Wildman–Crippen MR) is 131 cm³/mol. The summed E-state index contributed by atoms with van der Waals surface area (Å²) < 4.78 is 52.8. The number of halogens is 3. The van der Waals surface area contributed by atoms with Crippen molar-refractivity contribution in [2.75, 3.05) is 13.2 Å². The van der Waals surface area contributed by atoms with Crippen LogP contribution in [0.5, 0.6) is 5.75 Å². The van der Waals surface area contributed by atoms with Crippen molar-refractivity contribution in [3.8, 4) is 34.7 Å². The van der Waals surface area contributed by atoms with Gasteiger partial charge in [-0.1, -0.05) is 37.2 Å². The van der Waals surface area contributed by atoms with Crippen LogP contribution in [0.4, 0.5) is 13.2 Å². The van der Waals surface area contributed by atoms with Crippen molar-refractivity contribution in [2.24, 2.45) is 5.92 Å². The molecule has 38 heavy (non-hydrogen) atoms. The van der Waals surface area contributed by atoms with E-state index in [-0.39, 0.29) is 41.3 Å². The highest BCUT2D eigenvalue weighted by molar-refractivity contribution is 5.96. The molecule has 0 saturated heterocycles. The standard InChI is InChI=1S/C27H23F3N4O4/c1-16(2)14-36-24(35)9-7-22-20-4-3-5-21(19(20)10-11-32-22)25-33-26(38-34-25)17-6-8-23(18(12-17)13-31)37-15-27(28,29)30/h3-6,8,10-12,16H,7,9,14-15H2,1-2H3. The summed E-state index contributed by atoms with van der Waals surface area (Å²) in [6.45, 7) is 2.79. The summed E-state index contributed by atoms with van der Waals surface area (Å²) in [5.74, 6) is 0.121. The molecule has 0 spiro atoms. The van der Waals surface area contributed by atoms with Crippen LogP contribution in [-0.4, -0.2) is 40.5 Å². The number of hydrogen-bond donors (Lipinski definition) is 0. The topological polar surface area (TPSA) is 111 Å². The number of carbonyl (C=O) groups excluding carboxylic acids is 1. The summed E-state index contributed by atoms with van der Waals surface area (Å²) in [4.78, 5) is 20.9. The van der Waals surface area contributed by atoms with Crippen LogP contribution < -0.4 is 4.74 Å². The highest BCUT2D eigenvalue weighted by Gasteiger charge is 2.29. The lowest BCUT2D eigenvalue weighted by atomic mass is 10.0. The number of aromatic nitrogens is 3. The Morgan fingerprint density at radius 1 is 1.16 bits per heavy atom. The number of hydrogen-bond acceptors (Lipinski definition) is 8. The van der Waals surface area contributed by atoms with Gasteiger partial charge >= 0.3 is 12.1 Å². The van der Waals surface area contributed by atoms with Crippen LogP contribution >= 0.6 is 0 Å². The van der Waals surface area contributed by atoms with Crippen molar-refractivity contribution < 1.29 is 32.0 Å². The maximum Gasteiger partial charge on any atom is 0.422 e. The van der Waals surface area contributed by atoms with E-state index in [1.807, 2.05) is 44.2 Å². The molecule has 0 fully saturated rings. The molecule has 2 aromatic heterocycles. The lowest BCUT2D eigenvalue weighted by molar-refractivity contribution is -0.153. The molecule has 0 aliphatic carbocycles. The molecule has 0 radical (unpaired) electrons. The summed E-state index contributed by atoms with van der Waals surface area (Å²) in [5, 5.41) is 15.1. The molecule has 4 aromatic rings. The minimum Gasteiger partial charge on any atom is -0.483 e. The molecule has 0 unspecified atom stereocenters. The summed E-state index contributed by atoms with van der Waals surface area (Å²) in [6, 6.07) is 13.2. The molecule has 8 nitrogen and oxygen atoms in total. The molecule has 2 heterocycles. The number of nitrogens with zero attached hydrogens (tertiary/aromatic N) is 4. The number of nitriles is 1. The highest BCUT2D eigenvalue weighted by atomic mass is 19.4. The van der Waals surface area contributed by atoms with Crippen molar-refractivity contribution >= 4 is 16.7 Å². The molecule has 196 valence electrons. The van der Waals surface area contributed by atoms with Crippen molar-refractivity contribution in [3.63, 3.8) is 0 Å². The van der Waals surface area contributed by atoms with Gasteiger partial charge in [0.15, 0.2) is 6.61 Å². The molecule has 0 aliphatic heterocycles. The summed E-state index contributed by atoms with van der Waals surface area (Å²) in [5.41, 5.74) is 1.64. The minimum absolute atomic E-state index is 0.0815. The molecule has 0 aliphatic rings. The molecule has 0 saturated carbocycles. The fourth-order valence-electron chi connectivity index (χ4n) is 3.70. The zero-order chi connectivity index (χ0) is 27.3. The van der Waals surface area contributed by atoms with E-state index in [0.717, 1.165) is 16.5 Å². The van der Waals surface area contributed by atoms with Crippen LogP contribution in [0.2, 0.25) is 0 Å². The van der Waals surface area contributed by atoms with Gasteiger partial charge in [0.1, 0.15) is 11.8 Å². The quantitative estimate of drug-likeness (QED) is 0.249. The van der Waals surface area contributed by atoms with Crippen LogP contribution in [0.25, 0.3) is 33.6 Å². The first-order valence-corrected chi connectivity index (χ1v) is 11.7. The van der Waals surface area contributed by atoms with Gasteiger partial charge in [0.2, 0.25) is 5.82 Å². The largest absolute Gasteiger partial charge is 0.483 e. The average molecular weight is 524 g/mol. The molecular formula is C27H23F3N4O4. The lowest BCUT2D eigenvalue weighted by Crippen LogP contribution is -2.19. The predicted octanol–water partition coefficient (Wildman–Crippen LogP) is 5.90. The number of ether oxygens (including phenoxy) is 2. The summed E-state index contributed by atoms with van der Waals surface area (Å²) in [6.07, 6.45) is -2.30. The van der Waals surface area contributed by atoms with E-state index in [1.165, 1.54) is 18.2 Å². The Bertz CT molecular complexity index is 1490. The van der Waals surface area contributed by atoms with E-state index in [1.54, 1.807) is 6.20 Å². The Balaban J connectivity index is 1.57. The van der Waals surface area contributed by atoms with E-state index < -0.39 is 12.8 Å². The highest BCUT2D eigenvalue weighted by Crippen LogP contribution is 2.32. The van der Waals surface area contributed by atoms with Crippen LogP contribution in [0, 0.1) is 17.2 Å². The Morgan fingerprint density at radius 2 is 1.97 bits per heavy atom. The van der Waals surface area contributed by atoms with E-state index in [0.29, 0.717) is 24.2 Å². The molecule has 0 N–H and O–H groups in total. The van der Waals surface area contributed by atoms with Gasteiger partial charge in [-0.3, -0.25) is 9.78 Å². The first-order chi connectivity index (χ1) is 18.1. The maximum absolute atomic E-state index is 12.5. The van der Waals surface area contributed by atoms with Gasteiger partial charge in [0.05, 0.1) is 18.6 Å². The van der Waals surface area contributed by atoms with Crippen LogP contribution in [0.15, 0.2) is 53.2 Å². The number of benzene rings is 2. The first kappa shape index (κ1) is 26.6. The average Bonchev–Trinajstić information content (AvgIpc) is 3.38. The Kier molecular flexibility index (Phi) is 7.90. The van der Waals surface area contributed by atoms with Gasteiger partial charge in [0.25, 0.3) is 5.89 Å². The van der Waals surface area contributed by atoms with Gasteiger partial charge in [-0.2, -0.15) is 23.4 Å². The third kappa shape index (κ3) is 6.45.